The largest absolute Gasteiger partial charge is 0.481 e. The van der Waals surface area contributed by atoms with Crippen LogP contribution in [-0.4, -0.2) is 28.9 Å². The topological polar surface area (TPSA) is 80.7 Å². The van der Waals surface area contributed by atoms with Crippen molar-refractivity contribution in [2.24, 2.45) is 46.3 Å². The first-order valence-corrected chi connectivity index (χ1v) is 17.1. The minimum Gasteiger partial charge on any atom is -0.481 e. The third kappa shape index (κ3) is 7.29. The van der Waals surface area contributed by atoms with Crippen molar-refractivity contribution in [1.82, 2.24) is 0 Å². The number of hydrogen-bond donors (Lipinski definition) is 1. The lowest BCUT2D eigenvalue weighted by Crippen LogP contribution is -2.53. The van der Waals surface area contributed by atoms with Crippen molar-refractivity contribution in [3.05, 3.63) is 11.6 Å². The zero-order valence-electron chi connectivity index (χ0n) is 26.7. The fourth-order valence-electron chi connectivity index (χ4n) is 9.81. The quantitative estimate of drug-likeness (QED) is 0.167. The van der Waals surface area contributed by atoms with Gasteiger partial charge in [-0.25, -0.2) is 0 Å². The van der Waals surface area contributed by atoms with Gasteiger partial charge in [-0.1, -0.05) is 78.7 Å². The highest BCUT2D eigenvalue weighted by Gasteiger charge is 2.61. The lowest BCUT2D eigenvalue weighted by molar-refractivity contribution is -0.152. The number of carbonyl (C=O) groups excluding carboxylic acids is 2. The molecule has 3 saturated carbocycles. The van der Waals surface area contributed by atoms with Crippen LogP contribution >= 0.6 is 0 Å². The monoisotopic (exact) mass is 570 g/mol. The van der Waals surface area contributed by atoms with Crippen LogP contribution in [0.4, 0.5) is 0 Å². The van der Waals surface area contributed by atoms with Gasteiger partial charge in [0.05, 0.1) is 0 Å². The second kappa shape index (κ2) is 13.8. The van der Waals surface area contributed by atoms with Gasteiger partial charge in [0, 0.05) is 25.2 Å². The van der Waals surface area contributed by atoms with Gasteiger partial charge in [-0.3, -0.25) is 14.4 Å². The molecule has 1 N–H and O–H groups in total. The van der Waals surface area contributed by atoms with Crippen LogP contribution in [-0.2, 0) is 19.1 Å². The van der Waals surface area contributed by atoms with E-state index in [1.165, 1.54) is 44.1 Å². The number of carbonyl (C=O) groups is 3. The highest BCUT2D eigenvalue weighted by atomic mass is 16.5. The Kier molecular flexibility index (Phi) is 10.8. The molecule has 8 atom stereocenters. The van der Waals surface area contributed by atoms with Crippen LogP contribution in [0.25, 0.3) is 0 Å². The molecule has 0 amide bonds. The molecule has 232 valence electrons. The zero-order chi connectivity index (χ0) is 29.8. The van der Waals surface area contributed by atoms with E-state index in [-0.39, 0.29) is 29.8 Å². The molecule has 0 aliphatic heterocycles. The summed E-state index contributed by atoms with van der Waals surface area (Å²) < 4.78 is 5.92. The smallest absolute Gasteiger partial charge is 0.306 e. The van der Waals surface area contributed by atoms with Crippen molar-refractivity contribution in [2.45, 2.75) is 150 Å². The van der Waals surface area contributed by atoms with Crippen molar-refractivity contribution in [1.29, 1.82) is 0 Å². The Balaban J connectivity index is 1.31. The number of unbranched alkanes of at least 4 members (excludes halogenated alkanes) is 4. The van der Waals surface area contributed by atoms with E-state index in [2.05, 4.69) is 34.6 Å². The van der Waals surface area contributed by atoms with Gasteiger partial charge < -0.3 is 9.84 Å². The number of carboxylic acids is 1. The van der Waals surface area contributed by atoms with Crippen LogP contribution in [0.2, 0.25) is 0 Å². The van der Waals surface area contributed by atoms with Gasteiger partial charge >= 0.3 is 11.9 Å². The molecule has 41 heavy (non-hydrogen) atoms. The maximum atomic E-state index is 13.8. The van der Waals surface area contributed by atoms with E-state index in [9.17, 15) is 14.4 Å². The average molecular weight is 571 g/mol. The molecular weight excluding hydrogens is 512 g/mol. The predicted molar refractivity (Wildman–Crippen MR) is 163 cm³/mol. The first kappa shape index (κ1) is 32.3. The summed E-state index contributed by atoms with van der Waals surface area (Å²) in [4.78, 5) is 37.0. The van der Waals surface area contributed by atoms with Crippen LogP contribution in [0, 0.1) is 46.3 Å². The van der Waals surface area contributed by atoms with Gasteiger partial charge in [-0.15, -0.1) is 0 Å². The first-order chi connectivity index (χ1) is 19.5. The number of ketones is 1. The Labute approximate surface area is 249 Å². The van der Waals surface area contributed by atoms with E-state index in [0.29, 0.717) is 42.3 Å². The molecule has 0 aromatic rings. The molecular formula is C36H58O5. The number of rotatable bonds is 14. The van der Waals surface area contributed by atoms with Gasteiger partial charge in [-0.05, 0) is 97.9 Å². The predicted octanol–water partition coefficient (Wildman–Crippen LogP) is 8.93. The molecule has 0 bridgehead atoms. The third-order valence-electron chi connectivity index (χ3n) is 12.2. The highest BCUT2D eigenvalue weighted by Crippen LogP contribution is 2.66. The van der Waals surface area contributed by atoms with Crippen LogP contribution in [0.3, 0.4) is 0 Å². The number of aliphatic carboxylic acids is 1. The van der Waals surface area contributed by atoms with Gasteiger partial charge in [0.15, 0.2) is 5.78 Å². The molecule has 4 aliphatic rings. The minimum atomic E-state index is -0.742. The fraction of sp³-hybridized carbons (Fsp3) is 0.861. The molecule has 0 radical (unpaired) electrons. The van der Waals surface area contributed by atoms with E-state index in [4.69, 9.17) is 9.84 Å². The molecule has 0 heterocycles. The summed E-state index contributed by atoms with van der Waals surface area (Å²) in [6.45, 7) is 12.1. The lowest BCUT2D eigenvalue weighted by atomic mass is 9.46. The molecule has 4 aliphatic carbocycles. The van der Waals surface area contributed by atoms with Gasteiger partial charge in [0.1, 0.15) is 6.10 Å². The number of allylic oxidation sites excluding steroid dienone is 1. The summed E-state index contributed by atoms with van der Waals surface area (Å²) in [7, 11) is 0. The van der Waals surface area contributed by atoms with E-state index in [1.807, 2.05) is 6.08 Å². The normalized spacial score (nSPS) is 35.3. The third-order valence-corrected chi connectivity index (χ3v) is 12.2. The first-order valence-electron chi connectivity index (χ1n) is 17.1. The minimum absolute atomic E-state index is 0.0553. The summed E-state index contributed by atoms with van der Waals surface area (Å²) >= 11 is 0. The molecule has 0 unspecified atom stereocenters. The van der Waals surface area contributed by atoms with E-state index in [1.54, 1.807) is 0 Å². The number of fused-ring (bicyclic) bond motifs is 5. The van der Waals surface area contributed by atoms with Gasteiger partial charge in [0.25, 0.3) is 0 Å². The number of esters is 1. The summed E-state index contributed by atoms with van der Waals surface area (Å²) in [5.41, 5.74) is 1.59. The van der Waals surface area contributed by atoms with Crippen LogP contribution in [0.5, 0.6) is 0 Å². The zero-order valence-corrected chi connectivity index (χ0v) is 26.7. The second-order valence-corrected chi connectivity index (χ2v) is 15.3. The molecule has 5 nitrogen and oxygen atoms in total. The van der Waals surface area contributed by atoms with Gasteiger partial charge in [-0.2, -0.15) is 0 Å². The number of hydrogen-bond acceptors (Lipinski definition) is 4. The van der Waals surface area contributed by atoms with Crippen molar-refractivity contribution in [3.63, 3.8) is 0 Å². The Hall–Kier alpha value is -1.65. The number of ether oxygens (including phenoxy) is 1. The number of carboxylic acid groups (broad SMARTS) is 1. The van der Waals surface area contributed by atoms with E-state index < -0.39 is 5.97 Å². The Morgan fingerprint density at radius 1 is 0.902 bits per heavy atom. The Morgan fingerprint density at radius 3 is 2.32 bits per heavy atom. The van der Waals surface area contributed by atoms with Crippen LogP contribution in [0.15, 0.2) is 11.6 Å². The summed E-state index contributed by atoms with van der Waals surface area (Å²) in [6, 6.07) is 0. The van der Waals surface area contributed by atoms with E-state index in [0.717, 1.165) is 62.7 Å². The van der Waals surface area contributed by atoms with Crippen LogP contribution < -0.4 is 0 Å². The molecule has 4 rings (SSSR count). The molecule has 0 aromatic carbocycles. The molecule has 0 saturated heterocycles. The van der Waals surface area contributed by atoms with Crippen molar-refractivity contribution in [2.75, 3.05) is 0 Å². The van der Waals surface area contributed by atoms with Crippen molar-refractivity contribution >= 4 is 17.7 Å². The molecule has 5 heteroatoms. The highest BCUT2D eigenvalue weighted by molar-refractivity contribution is 5.94. The fourth-order valence-corrected chi connectivity index (χ4v) is 9.81. The second-order valence-electron chi connectivity index (χ2n) is 15.3. The Morgan fingerprint density at radius 2 is 1.61 bits per heavy atom. The van der Waals surface area contributed by atoms with Gasteiger partial charge in [0.2, 0.25) is 0 Å². The van der Waals surface area contributed by atoms with Crippen molar-refractivity contribution in [3.8, 4) is 0 Å². The standard InChI is InChI=1S/C36H58O5/c1-24(2)12-11-13-25(3)28-16-17-29-34-30(19-21-36(28,29)5)35(4)20-18-27(22-26(35)23-31(34)37)41-33(40)15-10-8-6-7-9-14-32(38)39/h23-25,27-30,34H,6-22H2,1-5H3,(H,38,39)/t25-,27+,28-,29+,30+,34+,35+,36-/m1/s1. The van der Waals surface area contributed by atoms with Crippen LogP contribution in [0.1, 0.15) is 144 Å². The average Bonchev–Trinajstić information content (AvgIpc) is 3.25. The molecule has 3 fully saturated rings. The lowest BCUT2D eigenvalue weighted by Gasteiger charge is -2.57. The SMILES string of the molecule is CC(C)CCC[C@@H](C)[C@H]1CC[C@H]2[C@@H]3C(=O)C=C4C[C@@H](OC(=O)CCCCCCCC(=O)O)CC[C@]4(C)[C@H]3CC[C@]12C. The molecule has 0 aromatic heterocycles. The Bertz CT molecular complexity index is 967. The summed E-state index contributed by atoms with van der Waals surface area (Å²) in [5, 5.41) is 8.73. The maximum absolute atomic E-state index is 13.8. The summed E-state index contributed by atoms with van der Waals surface area (Å²) in [5.74, 6) is 2.87. The van der Waals surface area contributed by atoms with E-state index >= 15 is 0 Å². The van der Waals surface area contributed by atoms with Crippen molar-refractivity contribution < 1.29 is 24.2 Å². The maximum Gasteiger partial charge on any atom is 0.306 e. The molecule has 0 spiro atoms. The summed E-state index contributed by atoms with van der Waals surface area (Å²) in [6.07, 6.45) is 18.3.